The highest BCUT2D eigenvalue weighted by Crippen LogP contribution is 2.35. The second kappa shape index (κ2) is 8.96. The molecule has 3 aromatic heterocycles. The number of aliphatic hydroxyl groups is 1. The molecule has 0 unspecified atom stereocenters. The molecule has 176 valence electrons. The van der Waals surface area contributed by atoms with Gasteiger partial charge in [-0.15, -0.1) is 0 Å². The van der Waals surface area contributed by atoms with Gasteiger partial charge < -0.3 is 15.2 Å². The maximum Gasteiger partial charge on any atom is 0.435 e. The van der Waals surface area contributed by atoms with Crippen molar-refractivity contribution in [3.8, 4) is 17.3 Å². The number of alkyl halides is 3. The zero-order chi connectivity index (χ0) is 24.5. The van der Waals surface area contributed by atoms with Crippen molar-refractivity contribution in [2.75, 3.05) is 5.32 Å². The normalized spacial score (nSPS) is 12.0. The van der Waals surface area contributed by atoms with E-state index in [-0.39, 0.29) is 22.3 Å². The number of pyridine rings is 2. The summed E-state index contributed by atoms with van der Waals surface area (Å²) in [6.45, 7) is 3.23. The van der Waals surface area contributed by atoms with E-state index in [1.165, 1.54) is 30.6 Å². The summed E-state index contributed by atoms with van der Waals surface area (Å²) in [7, 11) is 0. The van der Waals surface area contributed by atoms with Gasteiger partial charge in [-0.1, -0.05) is 23.7 Å². The van der Waals surface area contributed by atoms with Gasteiger partial charge in [0, 0.05) is 30.2 Å². The Balaban J connectivity index is 1.65. The molecule has 2 N–H and O–H groups in total. The minimum absolute atomic E-state index is 0.175. The predicted molar refractivity (Wildman–Crippen MR) is 121 cm³/mol. The number of anilines is 2. The van der Waals surface area contributed by atoms with Crippen molar-refractivity contribution in [3.05, 3.63) is 83.4 Å². The first-order valence-corrected chi connectivity index (χ1v) is 10.4. The lowest BCUT2D eigenvalue weighted by molar-refractivity contribution is -0.141. The molecule has 1 aromatic carbocycles. The lowest BCUT2D eigenvalue weighted by Crippen LogP contribution is -2.17. The Hall–Kier alpha value is -3.63. The summed E-state index contributed by atoms with van der Waals surface area (Å²) in [5.41, 5.74) is -0.960. The number of halogens is 4. The second-order valence-corrected chi connectivity index (χ2v) is 8.23. The summed E-state index contributed by atoms with van der Waals surface area (Å²) in [4.78, 5) is 8.36. The van der Waals surface area contributed by atoms with Gasteiger partial charge in [-0.25, -0.2) is 4.98 Å². The van der Waals surface area contributed by atoms with Crippen molar-refractivity contribution in [3.63, 3.8) is 0 Å². The smallest absolute Gasteiger partial charge is 0.435 e. The highest BCUT2D eigenvalue weighted by Gasteiger charge is 2.36. The number of nitrogens with zero attached hydrogens (tertiary/aromatic N) is 4. The summed E-state index contributed by atoms with van der Waals surface area (Å²) in [5.74, 6) is 0.409. The molecule has 0 atom stereocenters. The van der Waals surface area contributed by atoms with Crippen LogP contribution >= 0.6 is 11.6 Å². The molecule has 4 rings (SSSR count). The summed E-state index contributed by atoms with van der Waals surface area (Å²) < 4.78 is 46.8. The van der Waals surface area contributed by atoms with E-state index in [4.69, 9.17) is 16.3 Å². The minimum Gasteiger partial charge on any atom is -0.439 e. The molecule has 0 aliphatic carbocycles. The van der Waals surface area contributed by atoms with Gasteiger partial charge in [0.15, 0.2) is 5.69 Å². The third-order valence-corrected chi connectivity index (χ3v) is 4.98. The van der Waals surface area contributed by atoms with Crippen molar-refractivity contribution in [1.29, 1.82) is 0 Å². The number of benzene rings is 1. The second-order valence-electron chi connectivity index (χ2n) is 7.82. The predicted octanol–water partition coefficient (Wildman–Crippen LogP) is 6.10. The van der Waals surface area contributed by atoms with Gasteiger partial charge in [-0.3, -0.25) is 4.98 Å². The van der Waals surface area contributed by atoms with Crippen molar-refractivity contribution in [1.82, 2.24) is 19.7 Å². The number of rotatable bonds is 6. The van der Waals surface area contributed by atoms with E-state index in [1.807, 2.05) is 0 Å². The highest BCUT2D eigenvalue weighted by molar-refractivity contribution is 6.32. The highest BCUT2D eigenvalue weighted by atomic mass is 35.5. The van der Waals surface area contributed by atoms with E-state index in [1.54, 1.807) is 44.2 Å². The van der Waals surface area contributed by atoms with Crippen LogP contribution in [0.2, 0.25) is 5.02 Å². The Morgan fingerprint density at radius 1 is 0.971 bits per heavy atom. The fourth-order valence-corrected chi connectivity index (χ4v) is 3.24. The Kier molecular flexibility index (Phi) is 6.20. The van der Waals surface area contributed by atoms with E-state index in [2.05, 4.69) is 20.4 Å². The van der Waals surface area contributed by atoms with Crippen molar-refractivity contribution in [2.45, 2.75) is 25.6 Å². The van der Waals surface area contributed by atoms with Crippen molar-refractivity contribution >= 4 is 23.1 Å². The molecule has 4 aromatic rings. The van der Waals surface area contributed by atoms with E-state index in [0.717, 1.165) is 10.7 Å². The van der Waals surface area contributed by atoms with E-state index in [9.17, 15) is 18.3 Å². The van der Waals surface area contributed by atoms with Crippen molar-refractivity contribution < 1.29 is 23.0 Å². The fraction of sp³-hybridized carbons (Fsp3) is 0.174. The molecule has 0 saturated heterocycles. The van der Waals surface area contributed by atoms with Gasteiger partial charge in [0.05, 0.1) is 16.4 Å². The number of hydrogen-bond acceptors (Lipinski definition) is 6. The van der Waals surface area contributed by atoms with Crippen LogP contribution in [0.5, 0.6) is 11.6 Å². The standard InChI is InChI=1S/C23H19ClF3N5O2/c1-22(2,33)18-11-14(7-9-28-18)30-20-12-15(8-10-29-20)34-21-13-19(23(25,26)27)31-32(21)17-6-4-3-5-16(17)24/h3-13,33H,1-2H3,(H,28,29,30). The third-order valence-electron chi connectivity index (χ3n) is 4.66. The van der Waals surface area contributed by atoms with E-state index >= 15 is 0 Å². The van der Waals surface area contributed by atoms with Crippen molar-refractivity contribution in [2.24, 2.45) is 0 Å². The summed E-state index contributed by atoms with van der Waals surface area (Å²) in [5, 5.41) is 17.1. The zero-order valence-corrected chi connectivity index (χ0v) is 18.8. The number of ether oxygens (including phenoxy) is 1. The van der Waals surface area contributed by atoms with E-state index < -0.39 is 17.5 Å². The molecule has 34 heavy (non-hydrogen) atoms. The molecular formula is C23H19ClF3N5O2. The van der Waals surface area contributed by atoms with Gasteiger partial charge >= 0.3 is 6.18 Å². The fourth-order valence-electron chi connectivity index (χ4n) is 3.03. The molecule has 3 heterocycles. The quantitative estimate of drug-likeness (QED) is 0.340. The first-order valence-electron chi connectivity index (χ1n) is 10.0. The van der Waals surface area contributed by atoms with Crippen LogP contribution in [-0.4, -0.2) is 24.9 Å². The first kappa shape index (κ1) is 23.5. The molecule has 0 spiro atoms. The number of hydrogen-bond donors (Lipinski definition) is 2. The average Bonchev–Trinajstić information content (AvgIpc) is 3.18. The largest absolute Gasteiger partial charge is 0.439 e. The van der Waals surface area contributed by atoms with Crippen LogP contribution in [0.3, 0.4) is 0 Å². The molecule has 0 amide bonds. The van der Waals surface area contributed by atoms with E-state index in [0.29, 0.717) is 17.2 Å². The van der Waals surface area contributed by atoms with Gasteiger partial charge in [0.1, 0.15) is 17.2 Å². The Morgan fingerprint density at radius 2 is 1.71 bits per heavy atom. The molecule has 0 fully saturated rings. The lowest BCUT2D eigenvalue weighted by Gasteiger charge is -2.17. The molecule has 0 aliphatic heterocycles. The molecule has 11 heteroatoms. The maximum atomic E-state index is 13.4. The minimum atomic E-state index is -4.67. The van der Waals surface area contributed by atoms with Crippen LogP contribution < -0.4 is 10.1 Å². The zero-order valence-electron chi connectivity index (χ0n) is 18.0. The summed E-state index contributed by atoms with van der Waals surface area (Å²) in [6, 6.07) is 13.5. The maximum absolute atomic E-state index is 13.4. The topological polar surface area (TPSA) is 85.1 Å². The number of aromatic nitrogens is 4. The number of para-hydroxylation sites is 1. The average molecular weight is 490 g/mol. The van der Waals surface area contributed by atoms with Gasteiger partial charge in [0.2, 0.25) is 5.88 Å². The summed E-state index contributed by atoms with van der Waals surface area (Å²) >= 11 is 6.18. The van der Waals surface area contributed by atoms with Gasteiger partial charge in [-0.2, -0.15) is 23.0 Å². The summed E-state index contributed by atoms with van der Waals surface area (Å²) in [6.07, 6.45) is -1.69. The Labute approximate surface area is 197 Å². The SMILES string of the molecule is CC(C)(O)c1cc(Nc2cc(Oc3cc(C(F)(F)F)nn3-c3ccccc3Cl)ccn2)ccn1. The number of nitrogens with one attached hydrogen (secondary N) is 1. The molecule has 0 radical (unpaired) electrons. The molecule has 7 nitrogen and oxygen atoms in total. The van der Waals surface area contributed by atoms with Gasteiger partial charge in [-0.05, 0) is 44.2 Å². The van der Waals surface area contributed by atoms with Crippen LogP contribution in [0, 0.1) is 0 Å². The van der Waals surface area contributed by atoms with Crippen LogP contribution in [0.4, 0.5) is 24.7 Å². The van der Waals surface area contributed by atoms with Crippen LogP contribution in [0.15, 0.2) is 67.0 Å². The van der Waals surface area contributed by atoms with Crippen LogP contribution in [0.1, 0.15) is 25.2 Å². The molecule has 0 bridgehead atoms. The monoisotopic (exact) mass is 489 g/mol. The Bertz CT molecular complexity index is 1320. The van der Waals surface area contributed by atoms with Crippen LogP contribution in [-0.2, 0) is 11.8 Å². The van der Waals surface area contributed by atoms with Crippen LogP contribution in [0.25, 0.3) is 5.69 Å². The lowest BCUT2D eigenvalue weighted by atomic mass is 10.0. The van der Waals surface area contributed by atoms with Gasteiger partial charge in [0.25, 0.3) is 0 Å². The molecular weight excluding hydrogens is 471 g/mol. The first-order chi connectivity index (χ1) is 16.0. The molecule has 0 saturated carbocycles. The Morgan fingerprint density at radius 3 is 2.41 bits per heavy atom. The third kappa shape index (κ3) is 5.29. The molecule has 0 aliphatic rings.